The summed E-state index contributed by atoms with van der Waals surface area (Å²) < 4.78 is 36.0. The summed E-state index contributed by atoms with van der Waals surface area (Å²) in [5, 5.41) is 3.28. The van der Waals surface area contributed by atoms with Crippen molar-refractivity contribution >= 4 is 9.84 Å². The lowest BCUT2D eigenvalue weighted by molar-refractivity contribution is 0.469. The van der Waals surface area contributed by atoms with Crippen molar-refractivity contribution in [1.82, 2.24) is 5.32 Å². The van der Waals surface area contributed by atoms with Crippen molar-refractivity contribution in [3.8, 4) is 0 Å². The molecule has 0 saturated carbocycles. The molecule has 0 aliphatic rings. The molecule has 19 heavy (non-hydrogen) atoms. The SMILES string of the molecule is CCCNC(CCCS(C)(=O)=O)c1ccccc1F. The lowest BCUT2D eigenvalue weighted by Gasteiger charge is -2.19. The van der Waals surface area contributed by atoms with Crippen molar-refractivity contribution in [3.05, 3.63) is 35.6 Å². The Morgan fingerprint density at radius 3 is 2.58 bits per heavy atom. The maximum Gasteiger partial charge on any atom is 0.147 e. The smallest absolute Gasteiger partial charge is 0.147 e. The second-order valence-electron chi connectivity index (χ2n) is 4.80. The van der Waals surface area contributed by atoms with Crippen molar-refractivity contribution < 1.29 is 12.8 Å². The summed E-state index contributed by atoms with van der Waals surface area (Å²) in [5.74, 6) is -0.0957. The molecule has 0 aliphatic carbocycles. The van der Waals surface area contributed by atoms with Crippen LogP contribution in [0.5, 0.6) is 0 Å². The van der Waals surface area contributed by atoms with Gasteiger partial charge in [-0.25, -0.2) is 12.8 Å². The van der Waals surface area contributed by atoms with E-state index in [0.29, 0.717) is 18.4 Å². The number of nitrogens with one attached hydrogen (secondary N) is 1. The number of benzene rings is 1. The highest BCUT2D eigenvalue weighted by atomic mass is 32.2. The molecule has 1 unspecified atom stereocenters. The molecule has 0 aliphatic heterocycles. The molecule has 5 heteroatoms. The highest BCUT2D eigenvalue weighted by molar-refractivity contribution is 7.90. The summed E-state index contributed by atoms with van der Waals surface area (Å²) in [5.41, 5.74) is 0.615. The van der Waals surface area contributed by atoms with E-state index in [4.69, 9.17) is 0 Å². The Morgan fingerprint density at radius 1 is 1.32 bits per heavy atom. The Hall–Kier alpha value is -0.940. The quantitative estimate of drug-likeness (QED) is 0.799. The van der Waals surface area contributed by atoms with Crippen LogP contribution in [-0.2, 0) is 9.84 Å². The molecule has 1 rings (SSSR count). The van der Waals surface area contributed by atoms with E-state index in [2.05, 4.69) is 5.32 Å². The van der Waals surface area contributed by atoms with Crippen LogP contribution < -0.4 is 5.32 Å². The van der Waals surface area contributed by atoms with Gasteiger partial charge in [0, 0.05) is 23.6 Å². The van der Waals surface area contributed by atoms with Gasteiger partial charge in [0.25, 0.3) is 0 Å². The van der Waals surface area contributed by atoms with Crippen LogP contribution >= 0.6 is 0 Å². The van der Waals surface area contributed by atoms with E-state index in [1.54, 1.807) is 18.2 Å². The molecule has 0 spiro atoms. The normalized spacial score (nSPS) is 13.4. The van der Waals surface area contributed by atoms with Gasteiger partial charge in [-0.15, -0.1) is 0 Å². The third-order valence-electron chi connectivity index (χ3n) is 2.93. The van der Waals surface area contributed by atoms with E-state index in [1.165, 1.54) is 12.3 Å². The molecule has 1 aromatic carbocycles. The predicted octanol–water partition coefficient (Wildman–Crippen LogP) is 2.69. The van der Waals surface area contributed by atoms with Gasteiger partial charge >= 0.3 is 0 Å². The van der Waals surface area contributed by atoms with Crippen LogP contribution in [0.1, 0.15) is 37.8 Å². The van der Waals surface area contributed by atoms with E-state index in [-0.39, 0.29) is 17.6 Å². The van der Waals surface area contributed by atoms with Gasteiger partial charge in [-0.2, -0.15) is 0 Å². The third kappa shape index (κ3) is 6.16. The van der Waals surface area contributed by atoms with Crippen molar-refractivity contribution in [2.45, 2.75) is 32.2 Å². The van der Waals surface area contributed by atoms with Gasteiger partial charge in [0.1, 0.15) is 15.7 Å². The highest BCUT2D eigenvalue weighted by Crippen LogP contribution is 2.21. The molecule has 1 N–H and O–H groups in total. The summed E-state index contributed by atoms with van der Waals surface area (Å²) in [4.78, 5) is 0. The lowest BCUT2D eigenvalue weighted by atomic mass is 10.0. The zero-order chi connectivity index (χ0) is 14.3. The number of halogens is 1. The fourth-order valence-corrected chi connectivity index (χ4v) is 2.68. The molecule has 1 aromatic rings. The van der Waals surface area contributed by atoms with Gasteiger partial charge in [0.15, 0.2) is 0 Å². The van der Waals surface area contributed by atoms with Crippen molar-refractivity contribution in [1.29, 1.82) is 0 Å². The Kier molecular flexibility index (Phi) is 6.45. The molecule has 108 valence electrons. The van der Waals surface area contributed by atoms with Crippen LogP contribution in [-0.4, -0.2) is 27.0 Å². The van der Waals surface area contributed by atoms with Gasteiger partial charge in [0.05, 0.1) is 0 Å². The fourth-order valence-electron chi connectivity index (χ4n) is 1.99. The van der Waals surface area contributed by atoms with Crippen molar-refractivity contribution in [2.75, 3.05) is 18.6 Å². The van der Waals surface area contributed by atoms with E-state index in [1.807, 2.05) is 6.92 Å². The highest BCUT2D eigenvalue weighted by Gasteiger charge is 2.15. The van der Waals surface area contributed by atoms with Crippen LogP contribution in [0.3, 0.4) is 0 Å². The zero-order valence-electron chi connectivity index (χ0n) is 11.5. The minimum absolute atomic E-state index is 0.122. The molecule has 0 saturated heterocycles. The largest absolute Gasteiger partial charge is 0.310 e. The van der Waals surface area contributed by atoms with Crippen LogP contribution in [0.15, 0.2) is 24.3 Å². The van der Waals surface area contributed by atoms with Crippen LogP contribution in [0.4, 0.5) is 4.39 Å². The van der Waals surface area contributed by atoms with Crippen LogP contribution in [0.2, 0.25) is 0 Å². The average molecular weight is 287 g/mol. The molecule has 0 heterocycles. The first kappa shape index (κ1) is 16.1. The number of hydrogen-bond acceptors (Lipinski definition) is 3. The Balaban J connectivity index is 2.69. The Labute approximate surface area is 115 Å². The first-order chi connectivity index (χ1) is 8.94. The summed E-state index contributed by atoms with van der Waals surface area (Å²) in [7, 11) is -2.95. The summed E-state index contributed by atoms with van der Waals surface area (Å²) in [6.07, 6.45) is 3.34. The van der Waals surface area contributed by atoms with Crippen LogP contribution in [0.25, 0.3) is 0 Å². The summed E-state index contributed by atoms with van der Waals surface area (Å²) >= 11 is 0. The van der Waals surface area contributed by atoms with Crippen LogP contribution in [0, 0.1) is 5.82 Å². The maximum absolute atomic E-state index is 13.8. The zero-order valence-corrected chi connectivity index (χ0v) is 12.3. The molecule has 0 fully saturated rings. The average Bonchev–Trinajstić information content (AvgIpc) is 2.33. The molecule has 0 aromatic heterocycles. The molecule has 3 nitrogen and oxygen atoms in total. The summed E-state index contributed by atoms with van der Waals surface area (Å²) in [6.45, 7) is 2.83. The van der Waals surface area contributed by atoms with Gasteiger partial charge in [0.2, 0.25) is 0 Å². The fraction of sp³-hybridized carbons (Fsp3) is 0.571. The minimum Gasteiger partial charge on any atom is -0.310 e. The molecule has 0 radical (unpaired) electrons. The van der Waals surface area contributed by atoms with E-state index < -0.39 is 9.84 Å². The van der Waals surface area contributed by atoms with Crippen molar-refractivity contribution in [3.63, 3.8) is 0 Å². The Bertz CT molecular complexity index is 488. The van der Waals surface area contributed by atoms with E-state index in [9.17, 15) is 12.8 Å². The summed E-state index contributed by atoms with van der Waals surface area (Å²) in [6, 6.07) is 6.53. The third-order valence-corrected chi connectivity index (χ3v) is 3.96. The first-order valence-corrected chi connectivity index (χ1v) is 8.65. The van der Waals surface area contributed by atoms with Gasteiger partial charge in [-0.05, 0) is 31.9 Å². The first-order valence-electron chi connectivity index (χ1n) is 6.59. The van der Waals surface area contributed by atoms with E-state index in [0.717, 1.165) is 13.0 Å². The molecule has 0 amide bonds. The number of rotatable bonds is 8. The minimum atomic E-state index is -2.95. The second-order valence-corrected chi connectivity index (χ2v) is 7.06. The van der Waals surface area contributed by atoms with Crippen molar-refractivity contribution in [2.24, 2.45) is 0 Å². The van der Waals surface area contributed by atoms with Gasteiger partial charge < -0.3 is 5.32 Å². The van der Waals surface area contributed by atoms with Gasteiger partial charge in [-0.3, -0.25) is 0 Å². The topological polar surface area (TPSA) is 46.2 Å². The maximum atomic E-state index is 13.8. The van der Waals surface area contributed by atoms with E-state index >= 15 is 0 Å². The number of sulfone groups is 1. The lowest BCUT2D eigenvalue weighted by Crippen LogP contribution is -2.23. The monoisotopic (exact) mass is 287 g/mol. The molecule has 0 bridgehead atoms. The predicted molar refractivity (Wildman–Crippen MR) is 76.4 cm³/mol. The standard InChI is InChI=1S/C14H22FNO2S/c1-3-10-16-14(9-6-11-19(2,17)18)12-7-4-5-8-13(12)15/h4-5,7-8,14,16H,3,6,9-11H2,1-2H3. The van der Waals surface area contributed by atoms with Gasteiger partial charge in [-0.1, -0.05) is 25.1 Å². The molecular weight excluding hydrogens is 265 g/mol. The second kappa shape index (κ2) is 7.60. The molecular formula is C14H22FNO2S. The Morgan fingerprint density at radius 2 is 2.00 bits per heavy atom. The number of hydrogen-bond donors (Lipinski definition) is 1. The molecule has 1 atom stereocenters.